The van der Waals surface area contributed by atoms with Crippen LogP contribution in [-0.2, 0) is 11.3 Å². The van der Waals surface area contributed by atoms with Crippen LogP contribution in [0.3, 0.4) is 0 Å². The number of hydrogen-bond donors (Lipinski definition) is 1. The topological polar surface area (TPSA) is 83.0 Å². The average Bonchev–Trinajstić information content (AvgIpc) is 2.88. The third-order valence-electron chi connectivity index (χ3n) is 3.35. The molecule has 2 aromatic carbocycles. The van der Waals surface area contributed by atoms with E-state index >= 15 is 0 Å². The molecular weight excluding hydrogens is 268 g/mol. The van der Waals surface area contributed by atoms with E-state index < -0.39 is 5.97 Å². The molecule has 0 saturated heterocycles. The summed E-state index contributed by atoms with van der Waals surface area (Å²) >= 11 is 0. The van der Waals surface area contributed by atoms with Crippen molar-refractivity contribution in [3.8, 4) is 0 Å². The summed E-state index contributed by atoms with van der Waals surface area (Å²) in [6, 6.07) is 14.1. The van der Waals surface area contributed by atoms with Crippen molar-refractivity contribution in [3.63, 3.8) is 0 Å². The lowest BCUT2D eigenvalue weighted by Crippen LogP contribution is -2.09. The summed E-state index contributed by atoms with van der Waals surface area (Å²) in [6.07, 6.45) is 0. The standard InChI is InChI=1S/C15H14N4O2/c1-21-15(20)13-14(16)19(18-17-13)9-11-7-4-6-10-5-2-3-8-12(10)11/h2-8H,9,16H2,1H3. The van der Waals surface area contributed by atoms with Gasteiger partial charge in [-0.25, -0.2) is 9.48 Å². The molecule has 3 rings (SSSR count). The van der Waals surface area contributed by atoms with Crippen LogP contribution in [0.25, 0.3) is 10.8 Å². The molecule has 6 heteroatoms. The summed E-state index contributed by atoms with van der Waals surface area (Å²) in [4.78, 5) is 11.5. The molecule has 6 nitrogen and oxygen atoms in total. The maximum Gasteiger partial charge on any atom is 0.362 e. The number of hydrogen-bond acceptors (Lipinski definition) is 5. The number of ether oxygens (including phenoxy) is 1. The van der Waals surface area contributed by atoms with Crippen LogP contribution in [0.4, 0.5) is 5.82 Å². The Hall–Kier alpha value is -2.89. The number of nitrogens with two attached hydrogens (primary N) is 1. The summed E-state index contributed by atoms with van der Waals surface area (Å²) < 4.78 is 6.11. The second kappa shape index (κ2) is 5.24. The Morgan fingerprint density at radius 2 is 2.00 bits per heavy atom. The maximum atomic E-state index is 11.5. The Morgan fingerprint density at radius 3 is 2.81 bits per heavy atom. The number of nitrogens with zero attached hydrogens (tertiary/aromatic N) is 3. The third-order valence-corrected chi connectivity index (χ3v) is 3.35. The Kier molecular flexibility index (Phi) is 3.27. The number of anilines is 1. The van der Waals surface area contributed by atoms with Gasteiger partial charge in [0.1, 0.15) is 0 Å². The van der Waals surface area contributed by atoms with E-state index in [-0.39, 0.29) is 11.5 Å². The molecule has 0 aliphatic rings. The van der Waals surface area contributed by atoms with Crippen molar-refractivity contribution in [1.29, 1.82) is 0 Å². The molecule has 0 radical (unpaired) electrons. The molecule has 0 amide bonds. The molecule has 21 heavy (non-hydrogen) atoms. The summed E-state index contributed by atoms with van der Waals surface area (Å²) in [5.74, 6) is -0.383. The summed E-state index contributed by atoms with van der Waals surface area (Å²) in [6.45, 7) is 0.442. The first-order chi connectivity index (χ1) is 10.2. The van der Waals surface area contributed by atoms with Crippen LogP contribution in [-0.4, -0.2) is 28.1 Å². The van der Waals surface area contributed by atoms with Crippen LogP contribution in [0.2, 0.25) is 0 Å². The van der Waals surface area contributed by atoms with E-state index in [0.717, 1.165) is 16.3 Å². The lowest BCUT2D eigenvalue weighted by atomic mass is 10.0. The number of nitrogen functional groups attached to an aromatic ring is 1. The zero-order valence-electron chi connectivity index (χ0n) is 11.5. The highest BCUT2D eigenvalue weighted by Crippen LogP contribution is 2.20. The third kappa shape index (κ3) is 2.31. The second-order valence-corrected chi connectivity index (χ2v) is 4.61. The van der Waals surface area contributed by atoms with Gasteiger partial charge in [-0.2, -0.15) is 0 Å². The Balaban J connectivity index is 2.00. The zero-order chi connectivity index (χ0) is 14.8. The number of carbonyl (C=O) groups is 1. The number of rotatable bonds is 3. The molecule has 0 unspecified atom stereocenters. The first-order valence-corrected chi connectivity index (χ1v) is 6.44. The van der Waals surface area contributed by atoms with Crippen molar-refractivity contribution in [3.05, 3.63) is 53.7 Å². The number of benzene rings is 2. The van der Waals surface area contributed by atoms with Crippen molar-refractivity contribution in [1.82, 2.24) is 15.0 Å². The summed E-state index contributed by atoms with van der Waals surface area (Å²) in [5.41, 5.74) is 7.01. The minimum atomic E-state index is -0.586. The number of fused-ring (bicyclic) bond motifs is 1. The Bertz CT molecular complexity index is 805. The van der Waals surface area contributed by atoms with Crippen LogP contribution >= 0.6 is 0 Å². The molecule has 1 heterocycles. The van der Waals surface area contributed by atoms with Gasteiger partial charge in [0, 0.05) is 0 Å². The minimum absolute atomic E-state index is 0.0396. The Morgan fingerprint density at radius 1 is 1.24 bits per heavy atom. The molecule has 106 valence electrons. The Labute approximate surface area is 121 Å². The first kappa shape index (κ1) is 13.1. The molecule has 0 aliphatic carbocycles. The number of esters is 1. The lowest BCUT2D eigenvalue weighted by molar-refractivity contribution is 0.0595. The fraction of sp³-hybridized carbons (Fsp3) is 0.133. The van der Waals surface area contributed by atoms with Crippen molar-refractivity contribution >= 4 is 22.6 Å². The molecule has 0 atom stereocenters. The van der Waals surface area contributed by atoms with Gasteiger partial charge < -0.3 is 10.5 Å². The lowest BCUT2D eigenvalue weighted by Gasteiger charge is -2.07. The van der Waals surface area contributed by atoms with Gasteiger partial charge in [0.2, 0.25) is 5.69 Å². The van der Waals surface area contributed by atoms with E-state index in [1.54, 1.807) is 0 Å². The molecule has 0 saturated carbocycles. The van der Waals surface area contributed by atoms with Gasteiger partial charge in [-0.15, -0.1) is 5.10 Å². The summed E-state index contributed by atoms with van der Waals surface area (Å²) in [5, 5.41) is 9.96. The van der Waals surface area contributed by atoms with E-state index in [1.165, 1.54) is 11.8 Å². The van der Waals surface area contributed by atoms with Crippen molar-refractivity contribution in [2.24, 2.45) is 0 Å². The van der Waals surface area contributed by atoms with Crippen LogP contribution in [0.15, 0.2) is 42.5 Å². The fourth-order valence-electron chi connectivity index (χ4n) is 2.27. The highest BCUT2D eigenvalue weighted by molar-refractivity contribution is 5.91. The van der Waals surface area contributed by atoms with Crippen LogP contribution in [0, 0.1) is 0 Å². The molecule has 0 fully saturated rings. The molecule has 0 bridgehead atoms. The largest absolute Gasteiger partial charge is 0.464 e. The van der Waals surface area contributed by atoms with Gasteiger partial charge in [0.15, 0.2) is 5.82 Å². The van der Waals surface area contributed by atoms with E-state index in [4.69, 9.17) is 5.73 Å². The molecule has 2 N–H and O–H groups in total. The molecule has 0 spiro atoms. The monoisotopic (exact) mass is 282 g/mol. The van der Waals surface area contributed by atoms with Gasteiger partial charge in [-0.3, -0.25) is 0 Å². The highest BCUT2D eigenvalue weighted by atomic mass is 16.5. The maximum absolute atomic E-state index is 11.5. The quantitative estimate of drug-likeness (QED) is 0.741. The molecule has 0 aliphatic heterocycles. The van der Waals surface area contributed by atoms with Crippen molar-refractivity contribution < 1.29 is 9.53 Å². The SMILES string of the molecule is COC(=O)c1nnn(Cc2cccc3ccccc23)c1N. The summed E-state index contributed by atoms with van der Waals surface area (Å²) in [7, 11) is 1.28. The first-order valence-electron chi connectivity index (χ1n) is 6.44. The number of aromatic nitrogens is 3. The van der Waals surface area contributed by atoms with Crippen molar-refractivity contribution in [2.45, 2.75) is 6.54 Å². The van der Waals surface area contributed by atoms with E-state index in [9.17, 15) is 4.79 Å². The molecule has 1 aromatic heterocycles. The highest BCUT2D eigenvalue weighted by Gasteiger charge is 2.18. The van der Waals surface area contributed by atoms with Gasteiger partial charge in [-0.1, -0.05) is 47.7 Å². The minimum Gasteiger partial charge on any atom is -0.464 e. The van der Waals surface area contributed by atoms with Crippen LogP contribution in [0.5, 0.6) is 0 Å². The predicted molar refractivity (Wildman–Crippen MR) is 78.8 cm³/mol. The van der Waals surface area contributed by atoms with Crippen molar-refractivity contribution in [2.75, 3.05) is 12.8 Å². The predicted octanol–water partition coefficient (Wildman–Crippen LogP) is 1.85. The smallest absolute Gasteiger partial charge is 0.362 e. The zero-order valence-corrected chi connectivity index (χ0v) is 11.5. The average molecular weight is 282 g/mol. The van der Waals surface area contributed by atoms with E-state index in [2.05, 4.69) is 15.0 Å². The normalized spacial score (nSPS) is 10.7. The van der Waals surface area contributed by atoms with Crippen LogP contribution < -0.4 is 5.73 Å². The second-order valence-electron chi connectivity index (χ2n) is 4.61. The van der Waals surface area contributed by atoms with Gasteiger partial charge in [0.05, 0.1) is 13.7 Å². The van der Waals surface area contributed by atoms with E-state index in [1.807, 2.05) is 42.5 Å². The molecule has 3 aromatic rings. The fourth-order valence-corrected chi connectivity index (χ4v) is 2.27. The number of methoxy groups -OCH3 is 1. The van der Waals surface area contributed by atoms with Gasteiger partial charge in [-0.05, 0) is 16.3 Å². The number of carbonyl (C=O) groups excluding carboxylic acids is 1. The van der Waals surface area contributed by atoms with Gasteiger partial charge >= 0.3 is 5.97 Å². The van der Waals surface area contributed by atoms with Gasteiger partial charge in [0.25, 0.3) is 0 Å². The van der Waals surface area contributed by atoms with E-state index in [0.29, 0.717) is 6.54 Å². The molecular formula is C15H14N4O2. The van der Waals surface area contributed by atoms with Crippen LogP contribution in [0.1, 0.15) is 16.1 Å².